The smallest absolute Gasteiger partial charge is 0.251 e. The van der Waals surface area contributed by atoms with Gasteiger partial charge in [0, 0.05) is 18.2 Å². The molecule has 5 heteroatoms. The van der Waals surface area contributed by atoms with Crippen LogP contribution in [0.25, 0.3) is 0 Å². The van der Waals surface area contributed by atoms with E-state index in [9.17, 15) is 4.79 Å². The highest BCUT2D eigenvalue weighted by Crippen LogP contribution is 2.11. The Morgan fingerprint density at radius 2 is 2.11 bits per heavy atom. The number of halogens is 1. The number of methoxy groups -OCH3 is 1. The molecule has 1 saturated heterocycles. The third-order valence-corrected chi connectivity index (χ3v) is 2.98. The molecule has 0 saturated carbocycles. The number of piperidine rings is 1. The standard InChI is InChI=1S/C13H18N2O2.ClH/c1-17-12-6-4-10(5-7-12)13(16)15-11-3-2-8-14-9-11;/h4-7,11,14H,2-3,8-9H2,1H3,(H,15,16);1H/t11-;/m0./s1. The fourth-order valence-electron chi connectivity index (χ4n) is 1.99. The summed E-state index contributed by atoms with van der Waals surface area (Å²) in [5, 5.41) is 6.31. The molecule has 1 fully saturated rings. The molecule has 1 aliphatic heterocycles. The minimum absolute atomic E-state index is 0. The van der Waals surface area contributed by atoms with E-state index in [1.165, 1.54) is 0 Å². The van der Waals surface area contributed by atoms with Gasteiger partial charge in [-0.05, 0) is 43.7 Å². The molecule has 0 aromatic heterocycles. The fourth-order valence-corrected chi connectivity index (χ4v) is 1.99. The quantitative estimate of drug-likeness (QED) is 0.877. The molecule has 1 aliphatic rings. The number of amides is 1. The van der Waals surface area contributed by atoms with Crippen LogP contribution in [0.2, 0.25) is 0 Å². The van der Waals surface area contributed by atoms with Gasteiger partial charge in [0.2, 0.25) is 0 Å². The van der Waals surface area contributed by atoms with Gasteiger partial charge in [-0.1, -0.05) is 0 Å². The maximum absolute atomic E-state index is 11.9. The predicted octanol–water partition coefficient (Wildman–Crippen LogP) is 1.60. The number of nitrogens with one attached hydrogen (secondary N) is 2. The van der Waals surface area contributed by atoms with Crippen molar-refractivity contribution in [3.05, 3.63) is 29.8 Å². The summed E-state index contributed by atoms with van der Waals surface area (Å²) in [5.74, 6) is 0.752. The van der Waals surface area contributed by atoms with Gasteiger partial charge < -0.3 is 15.4 Å². The third kappa shape index (κ3) is 3.89. The predicted molar refractivity (Wildman–Crippen MR) is 73.6 cm³/mol. The van der Waals surface area contributed by atoms with Crippen LogP contribution in [-0.2, 0) is 0 Å². The van der Waals surface area contributed by atoms with Gasteiger partial charge in [-0.15, -0.1) is 12.4 Å². The van der Waals surface area contributed by atoms with E-state index in [-0.39, 0.29) is 24.4 Å². The lowest BCUT2D eigenvalue weighted by atomic mass is 10.1. The van der Waals surface area contributed by atoms with E-state index in [1.54, 1.807) is 31.4 Å². The molecule has 0 spiro atoms. The molecule has 0 bridgehead atoms. The van der Waals surface area contributed by atoms with Crippen LogP contribution in [0.1, 0.15) is 23.2 Å². The van der Waals surface area contributed by atoms with Crippen molar-refractivity contribution in [1.29, 1.82) is 0 Å². The fraction of sp³-hybridized carbons (Fsp3) is 0.462. The molecule has 1 aromatic rings. The van der Waals surface area contributed by atoms with Crippen molar-refractivity contribution >= 4 is 18.3 Å². The molecular weight excluding hydrogens is 252 g/mol. The van der Waals surface area contributed by atoms with Crippen molar-refractivity contribution in [2.24, 2.45) is 0 Å². The number of ether oxygens (including phenoxy) is 1. The first-order chi connectivity index (χ1) is 8.29. The van der Waals surface area contributed by atoms with Crippen LogP contribution in [0.4, 0.5) is 0 Å². The van der Waals surface area contributed by atoms with Crippen molar-refractivity contribution in [2.45, 2.75) is 18.9 Å². The number of hydrogen-bond donors (Lipinski definition) is 2. The highest BCUT2D eigenvalue weighted by Gasteiger charge is 2.16. The topological polar surface area (TPSA) is 50.4 Å². The maximum atomic E-state index is 11.9. The second-order valence-electron chi connectivity index (χ2n) is 4.25. The SMILES string of the molecule is COc1ccc(C(=O)N[C@H]2CCCNC2)cc1.Cl. The Morgan fingerprint density at radius 1 is 1.39 bits per heavy atom. The summed E-state index contributed by atoms with van der Waals surface area (Å²) in [4.78, 5) is 11.9. The first kappa shape index (κ1) is 14.8. The Labute approximate surface area is 114 Å². The first-order valence-corrected chi connectivity index (χ1v) is 5.95. The van der Waals surface area contributed by atoms with Gasteiger partial charge in [0.05, 0.1) is 7.11 Å². The molecule has 4 nitrogen and oxygen atoms in total. The highest BCUT2D eigenvalue weighted by atomic mass is 35.5. The van der Waals surface area contributed by atoms with E-state index in [2.05, 4.69) is 10.6 Å². The molecule has 2 N–H and O–H groups in total. The normalized spacial score (nSPS) is 18.6. The molecule has 18 heavy (non-hydrogen) atoms. The molecule has 0 radical (unpaired) electrons. The summed E-state index contributed by atoms with van der Waals surface area (Å²) in [6.45, 7) is 1.91. The van der Waals surface area contributed by atoms with Crippen molar-refractivity contribution < 1.29 is 9.53 Å². The number of carbonyl (C=O) groups excluding carboxylic acids is 1. The molecule has 0 unspecified atom stereocenters. The lowest BCUT2D eigenvalue weighted by Gasteiger charge is -2.23. The van der Waals surface area contributed by atoms with E-state index in [0.29, 0.717) is 5.56 Å². The largest absolute Gasteiger partial charge is 0.497 e. The zero-order chi connectivity index (χ0) is 12.1. The van der Waals surface area contributed by atoms with Crippen LogP contribution in [0, 0.1) is 0 Å². The van der Waals surface area contributed by atoms with Crippen LogP contribution in [0.15, 0.2) is 24.3 Å². The monoisotopic (exact) mass is 270 g/mol. The van der Waals surface area contributed by atoms with Crippen LogP contribution >= 0.6 is 12.4 Å². The van der Waals surface area contributed by atoms with Crippen molar-refractivity contribution in [2.75, 3.05) is 20.2 Å². The minimum Gasteiger partial charge on any atom is -0.497 e. The molecule has 100 valence electrons. The van der Waals surface area contributed by atoms with Gasteiger partial charge in [0.15, 0.2) is 0 Å². The minimum atomic E-state index is -0.0126. The summed E-state index contributed by atoms with van der Waals surface area (Å²) in [5.41, 5.74) is 0.677. The third-order valence-electron chi connectivity index (χ3n) is 2.98. The van der Waals surface area contributed by atoms with Gasteiger partial charge in [-0.2, -0.15) is 0 Å². The molecule has 0 aliphatic carbocycles. The Morgan fingerprint density at radius 3 is 2.67 bits per heavy atom. The van der Waals surface area contributed by atoms with E-state index in [4.69, 9.17) is 4.74 Å². The Hall–Kier alpha value is -1.26. The Bertz CT molecular complexity index is 375. The summed E-state index contributed by atoms with van der Waals surface area (Å²) in [6, 6.07) is 7.41. The lowest BCUT2D eigenvalue weighted by molar-refractivity contribution is 0.0930. The summed E-state index contributed by atoms with van der Waals surface area (Å²) < 4.78 is 5.06. The van der Waals surface area contributed by atoms with E-state index in [0.717, 1.165) is 31.7 Å². The molecule has 2 rings (SSSR count). The van der Waals surface area contributed by atoms with Crippen molar-refractivity contribution in [1.82, 2.24) is 10.6 Å². The van der Waals surface area contributed by atoms with Crippen LogP contribution in [0.5, 0.6) is 5.75 Å². The highest BCUT2D eigenvalue weighted by molar-refractivity contribution is 5.94. The van der Waals surface area contributed by atoms with E-state index >= 15 is 0 Å². The van der Waals surface area contributed by atoms with Crippen molar-refractivity contribution in [3.63, 3.8) is 0 Å². The number of benzene rings is 1. The summed E-state index contributed by atoms with van der Waals surface area (Å²) in [6.07, 6.45) is 2.17. The van der Waals surface area contributed by atoms with Crippen LogP contribution in [-0.4, -0.2) is 32.1 Å². The van der Waals surface area contributed by atoms with E-state index < -0.39 is 0 Å². The number of carbonyl (C=O) groups is 1. The zero-order valence-electron chi connectivity index (χ0n) is 10.4. The lowest BCUT2D eigenvalue weighted by Crippen LogP contribution is -2.45. The van der Waals surface area contributed by atoms with Gasteiger partial charge in [0.25, 0.3) is 5.91 Å². The molecule has 1 aromatic carbocycles. The molecule has 1 heterocycles. The average molecular weight is 271 g/mol. The zero-order valence-corrected chi connectivity index (χ0v) is 11.3. The van der Waals surface area contributed by atoms with Crippen molar-refractivity contribution in [3.8, 4) is 5.75 Å². The average Bonchev–Trinajstić information content (AvgIpc) is 2.40. The Kier molecular flexibility index (Phi) is 5.95. The second-order valence-corrected chi connectivity index (χ2v) is 4.25. The van der Waals surface area contributed by atoms with Crippen LogP contribution < -0.4 is 15.4 Å². The summed E-state index contributed by atoms with van der Waals surface area (Å²) in [7, 11) is 1.61. The van der Waals surface area contributed by atoms with E-state index in [1.807, 2.05) is 0 Å². The van der Waals surface area contributed by atoms with Gasteiger partial charge in [-0.3, -0.25) is 4.79 Å². The van der Waals surface area contributed by atoms with Gasteiger partial charge >= 0.3 is 0 Å². The van der Waals surface area contributed by atoms with Crippen LogP contribution in [0.3, 0.4) is 0 Å². The maximum Gasteiger partial charge on any atom is 0.251 e. The second kappa shape index (κ2) is 7.24. The molecule has 1 amide bonds. The number of rotatable bonds is 3. The Balaban J connectivity index is 0.00000162. The van der Waals surface area contributed by atoms with Gasteiger partial charge in [0.1, 0.15) is 5.75 Å². The first-order valence-electron chi connectivity index (χ1n) is 5.95. The molecule has 1 atom stereocenters. The number of hydrogen-bond acceptors (Lipinski definition) is 3. The molecular formula is C13H19ClN2O2. The summed E-state index contributed by atoms with van der Waals surface area (Å²) >= 11 is 0. The van der Waals surface area contributed by atoms with Gasteiger partial charge in [-0.25, -0.2) is 0 Å².